The molecule has 2 aromatic carbocycles. The summed E-state index contributed by atoms with van der Waals surface area (Å²) < 4.78 is 0. The number of nitrogens with one attached hydrogen (secondary N) is 1. The van der Waals surface area contributed by atoms with E-state index >= 15 is 0 Å². The first-order valence-corrected chi connectivity index (χ1v) is 9.81. The summed E-state index contributed by atoms with van der Waals surface area (Å²) in [6.45, 7) is 5.40. The van der Waals surface area contributed by atoms with Crippen molar-refractivity contribution in [1.82, 2.24) is 5.32 Å². The standard InChI is InChI=1S/C24H29NO3/c1-17(2)22(25-24(28)20-12-8-5-9-13-20)23(27)21(15-14-18(3)26)16-19-10-6-4-7-11-19/h4-13,17,21-22H,14-16H2,1-3H3,(H,25,28). The van der Waals surface area contributed by atoms with E-state index in [0.717, 1.165) is 5.56 Å². The molecule has 0 bridgehead atoms. The van der Waals surface area contributed by atoms with Crippen LogP contribution in [0.1, 0.15) is 49.5 Å². The van der Waals surface area contributed by atoms with Gasteiger partial charge in [0.25, 0.3) is 5.91 Å². The zero-order valence-electron chi connectivity index (χ0n) is 16.9. The van der Waals surface area contributed by atoms with Gasteiger partial charge in [-0.1, -0.05) is 62.4 Å². The maximum atomic E-state index is 13.3. The molecule has 28 heavy (non-hydrogen) atoms. The van der Waals surface area contributed by atoms with Gasteiger partial charge in [0, 0.05) is 17.9 Å². The predicted octanol–water partition coefficient (Wildman–Crippen LogP) is 4.24. The molecule has 2 unspecified atom stereocenters. The maximum absolute atomic E-state index is 13.3. The van der Waals surface area contributed by atoms with E-state index in [-0.39, 0.29) is 29.3 Å². The van der Waals surface area contributed by atoms with Crippen LogP contribution in [-0.4, -0.2) is 23.5 Å². The van der Waals surface area contributed by atoms with Crippen molar-refractivity contribution in [3.8, 4) is 0 Å². The van der Waals surface area contributed by atoms with Gasteiger partial charge in [-0.05, 0) is 43.4 Å². The van der Waals surface area contributed by atoms with Crippen LogP contribution in [0.2, 0.25) is 0 Å². The molecule has 0 aliphatic heterocycles. The van der Waals surface area contributed by atoms with Gasteiger partial charge in [-0.25, -0.2) is 0 Å². The van der Waals surface area contributed by atoms with E-state index < -0.39 is 6.04 Å². The highest BCUT2D eigenvalue weighted by Crippen LogP contribution is 2.20. The van der Waals surface area contributed by atoms with E-state index in [2.05, 4.69) is 5.32 Å². The monoisotopic (exact) mass is 379 g/mol. The number of ketones is 2. The van der Waals surface area contributed by atoms with Crippen LogP contribution in [0.3, 0.4) is 0 Å². The fourth-order valence-electron chi connectivity index (χ4n) is 3.26. The van der Waals surface area contributed by atoms with Crippen LogP contribution in [0.15, 0.2) is 60.7 Å². The van der Waals surface area contributed by atoms with E-state index in [0.29, 0.717) is 24.8 Å². The third-order valence-electron chi connectivity index (χ3n) is 4.87. The van der Waals surface area contributed by atoms with Gasteiger partial charge in [-0.2, -0.15) is 0 Å². The lowest BCUT2D eigenvalue weighted by molar-refractivity contribution is -0.126. The molecule has 0 aromatic heterocycles. The van der Waals surface area contributed by atoms with Gasteiger partial charge in [-0.3, -0.25) is 9.59 Å². The number of hydrogen-bond acceptors (Lipinski definition) is 3. The first-order valence-electron chi connectivity index (χ1n) is 9.81. The second-order valence-electron chi connectivity index (χ2n) is 7.59. The molecular weight excluding hydrogens is 350 g/mol. The minimum absolute atomic E-state index is 0.00983. The molecule has 0 aliphatic rings. The molecule has 2 aromatic rings. The number of carbonyl (C=O) groups excluding carboxylic acids is 3. The van der Waals surface area contributed by atoms with Gasteiger partial charge >= 0.3 is 0 Å². The summed E-state index contributed by atoms with van der Waals surface area (Å²) in [6, 6.07) is 18.1. The number of amides is 1. The molecule has 0 radical (unpaired) electrons. The summed E-state index contributed by atoms with van der Waals surface area (Å²) >= 11 is 0. The Morgan fingerprint density at radius 3 is 2.00 bits per heavy atom. The SMILES string of the molecule is CC(=O)CCC(Cc1ccccc1)C(=O)C(NC(=O)c1ccccc1)C(C)C. The second-order valence-corrected chi connectivity index (χ2v) is 7.59. The lowest BCUT2D eigenvalue weighted by Gasteiger charge is -2.26. The Bertz CT molecular complexity index is 784. The molecule has 0 saturated carbocycles. The minimum atomic E-state index is -0.589. The Kier molecular flexibility index (Phi) is 8.12. The zero-order chi connectivity index (χ0) is 20.5. The van der Waals surface area contributed by atoms with Crippen molar-refractivity contribution >= 4 is 17.5 Å². The van der Waals surface area contributed by atoms with Crippen molar-refractivity contribution in [3.05, 3.63) is 71.8 Å². The lowest BCUT2D eigenvalue weighted by atomic mass is 9.84. The summed E-state index contributed by atoms with van der Waals surface area (Å²) in [6.07, 6.45) is 1.42. The molecule has 0 saturated heterocycles. The molecule has 0 fully saturated rings. The quantitative estimate of drug-likeness (QED) is 0.672. The van der Waals surface area contributed by atoms with Crippen LogP contribution in [0.4, 0.5) is 0 Å². The molecule has 4 heteroatoms. The molecular formula is C24H29NO3. The average molecular weight is 380 g/mol. The molecule has 2 rings (SSSR count). The zero-order valence-corrected chi connectivity index (χ0v) is 16.9. The summed E-state index contributed by atoms with van der Waals surface area (Å²) in [5, 5.41) is 2.91. The summed E-state index contributed by atoms with van der Waals surface area (Å²) in [5.41, 5.74) is 1.59. The number of hydrogen-bond donors (Lipinski definition) is 1. The van der Waals surface area contributed by atoms with Crippen molar-refractivity contribution in [2.24, 2.45) is 11.8 Å². The number of benzene rings is 2. The van der Waals surface area contributed by atoms with Crippen LogP contribution in [0, 0.1) is 11.8 Å². The predicted molar refractivity (Wildman–Crippen MR) is 111 cm³/mol. The van der Waals surface area contributed by atoms with E-state index in [1.165, 1.54) is 0 Å². The third-order valence-corrected chi connectivity index (χ3v) is 4.87. The van der Waals surface area contributed by atoms with Gasteiger partial charge in [0.05, 0.1) is 6.04 Å². The summed E-state index contributed by atoms with van der Waals surface area (Å²) in [7, 11) is 0. The number of Topliss-reactive ketones (excluding diaryl/α,β-unsaturated/α-hetero) is 2. The van der Waals surface area contributed by atoms with Crippen LogP contribution < -0.4 is 5.32 Å². The molecule has 0 spiro atoms. The Morgan fingerprint density at radius 2 is 1.46 bits per heavy atom. The fraction of sp³-hybridized carbons (Fsp3) is 0.375. The molecule has 0 aliphatic carbocycles. The Balaban J connectivity index is 2.18. The fourth-order valence-corrected chi connectivity index (χ4v) is 3.26. The van der Waals surface area contributed by atoms with E-state index in [1.54, 1.807) is 31.2 Å². The largest absolute Gasteiger partial charge is 0.342 e. The molecule has 0 heterocycles. The van der Waals surface area contributed by atoms with Crippen molar-refractivity contribution in [1.29, 1.82) is 0 Å². The van der Waals surface area contributed by atoms with E-state index in [9.17, 15) is 14.4 Å². The van der Waals surface area contributed by atoms with Crippen molar-refractivity contribution in [2.45, 2.75) is 46.1 Å². The third kappa shape index (κ3) is 6.45. The first kappa shape index (κ1) is 21.5. The number of carbonyl (C=O) groups is 3. The summed E-state index contributed by atoms with van der Waals surface area (Å²) in [4.78, 5) is 37.4. The Morgan fingerprint density at radius 1 is 0.893 bits per heavy atom. The molecule has 148 valence electrons. The van der Waals surface area contributed by atoms with Crippen LogP contribution in [-0.2, 0) is 16.0 Å². The van der Waals surface area contributed by atoms with Gasteiger partial charge in [0.2, 0.25) is 0 Å². The van der Waals surface area contributed by atoms with Gasteiger partial charge in [0.15, 0.2) is 5.78 Å². The molecule has 1 amide bonds. The van der Waals surface area contributed by atoms with Crippen molar-refractivity contribution in [2.75, 3.05) is 0 Å². The smallest absolute Gasteiger partial charge is 0.251 e. The van der Waals surface area contributed by atoms with Gasteiger partial charge < -0.3 is 10.1 Å². The highest BCUT2D eigenvalue weighted by Gasteiger charge is 2.31. The maximum Gasteiger partial charge on any atom is 0.251 e. The lowest BCUT2D eigenvalue weighted by Crippen LogP contribution is -2.47. The number of rotatable bonds is 10. The average Bonchev–Trinajstić information content (AvgIpc) is 2.69. The van der Waals surface area contributed by atoms with Crippen LogP contribution >= 0.6 is 0 Å². The Labute approximate surface area is 167 Å². The van der Waals surface area contributed by atoms with Crippen LogP contribution in [0.5, 0.6) is 0 Å². The highest BCUT2D eigenvalue weighted by molar-refractivity contribution is 5.98. The first-order chi connectivity index (χ1) is 13.4. The Hall–Kier alpha value is -2.75. The molecule has 2 atom stereocenters. The van der Waals surface area contributed by atoms with Crippen LogP contribution in [0.25, 0.3) is 0 Å². The van der Waals surface area contributed by atoms with Gasteiger partial charge in [-0.15, -0.1) is 0 Å². The van der Waals surface area contributed by atoms with Crippen molar-refractivity contribution in [3.63, 3.8) is 0 Å². The topological polar surface area (TPSA) is 63.2 Å². The molecule has 4 nitrogen and oxygen atoms in total. The van der Waals surface area contributed by atoms with Crippen molar-refractivity contribution < 1.29 is 14.4 Å². The minimum Gasteiger partial charge on any atom is -0.342 e. The van der Waals surface area contributed by atoms with Gasteiger partial charge in [0.1, 0.15) is 5.78 Å². The highest BCUT2D eigenvalue weighted by atomic mass is 16.2. The normalized spacial score (nSPS) is 13.0. The van der Waals surface area contributed by atoms with E-state index in [4.69, 9.17) is 0 Å². The second kappa shape index (κ2) is 10.5. The molecule has 1 N–H and O–H groups in total. The van der Waals surface area contributed by atoms with E-state index in [1.807, 2.05) is 50.2 Å². The summed E-state index contributed by atoms with van der Waals surface area (Å²) in [5.74, 6) is -0.548.